The molecule has 0 amide bonds. The number of carbonyl (C=O) groups is 1. The number of rotatable bonds is 3. The number of aliphatic carboxylic acids is 1. The van der Waals surface area contributed by atoms with E-state index in [9.17, 15) is 31.9 Å². The molecule has 2 N–H and O–H groups in total. The topological polar surface area (TPSA) is 76.0 Å². The van der Waals surface area contributed by atoms with Crippen LogP contribution in [0.3, 0.4) is 0 Å². The fourth-order valence-corrected chi connectivity index (χ4v) is 1.67. The van der Waals surface area contributed by atoms with Crippen LogP contribution >= 0.6 is 0 Å². The van der Waals surface area contributed by atoms with Crippen molar-refractivity contribution in [2.24, 2.45) is 0 Å². The molecule has 1 saturated heterocycles. The molecule has 1 heterocycles. The number of hydrogen-bond donors (Lipinski definition) is 2. The molecule has 122 valence electrons. The third kappa shape index (κ3) is 2.74. The van der Waals surface area contributed by atoms with Crippen LogP contribution < -0.4 is 0 Å². The Hall–Kier alpha value is -1.26. The highest BCUT2D eigenvalue weighted by atomic mass is 19.4. The minimum atomic E-state index is -5.76. The van der Waals surface area contributed by atoms with Gasteiger partial charge in [0.1, 0.15) is 5.60 Å². The van der Waals surface area contributed by atoms with Crippen LogP contribution in [0.1, 0.15) is 20.3 Å². The molecule has 0 aromatic carbocycles. The van der Waals surface area contributed by atoms with Crippen LogP contribution in [0.5, 0.6) is 0 Å². The molecule has 2 unspecified atom stereocenters. The number of ether oxygens (including phenoxy) is 2. The second-order valence-electron chi connectivity index (χ2n) is 4.75. The van der Waals surface area contributed by atoms with Crippen molar-refractivity contribution >= 4 is 5.97 Å². The zero-order chi connectivity index (χ0) is 16.7. The van der Waals surface area contributed by atoms with E-state index in [0.717, 1.165) is 13.0 Å². The van der Waals surface area contributed by atoms with E-state index in [1.807, 2.05) is 0 Å². The van der Waals surface area contributed by atoms with E-state index < -0.39 is 42.7 Å². The molecule has 2 atom stereocenters. The maximum absolute atomic E-state index is 14.1. The Morgan fingerprint density at radius 3 is 2.29 bits per heavy atom. The molecule has 10 heteroatoms. The van der Waals surface area contributed by atoms with Crippen LogP contribution in [0.2, 0.25) is 0 Å². The molecule has 1 aliphatic heterocycles. The molecule has 0 spiro atoms. The Labute approximate surface area is 115 Å². The summed E-state index contributed by atoms with van der Waals surface area (Å²) in [6, 6.07) is 0. The lowest BCUT2D eigenvalue weighted by Crippen LogP contribution is -2.72. The first kappa shape index (κ1) is 17.8. The predicted molar refractivity (Wildman–Crippen MR) is 57.4 cm³/mol. The Bertz CT molecular complexity index is 460. The summed E-state index contributed by atoms with van der Waals surface area (Å²) in [5.74, 6) is -11.0. The first-order valence-electron chi connectivity index (χ1n) is 5.63. The number of halogens is 5. The van der Waals surface area contributed by atoms with Crippen molar-refractivity contribution in [1.29, 1.82) is 0 Å². The van der Waals surface area contributed by atoms with Crippen molar-refractivity contribution in [2.75, 3.05) is 6.79 Å². The second-order valence-corrected chi connectivity index (χ2v) is 4.75. The highest BCUT2D eigenvalue weighted by Crippen LogP contribution is 2.53. The van der Waals surface area contributed by atoms with Crippen molar-refractivity contribution in [1.82, 2.24) is 0 Å². The van der Waals surface area contributed by atoms with Gasteiger partial charge in [0.05, 0.1) is 0 Å². The Morgan fingerprint density at radius 2 is 1.86 bits per heavy atom. The molecular formula is C11H13F5O5. The first-order valence-corrected chi connectivity index (χ1v) is 5.63. The molecule has 0 aromatic heterocycles. The third-order valence-corrected chi connectivity index (χ3v) is 3.25. The van der Waals surface area contributed by atoms with Crippen LogP contribution in [0.25, 0.3) is 0 Å². The fourth-order valence-electron chi connectivity index (χ4n) is 1.67. The standard InChI is InChI=1S/C11H13F5O5/c1-6(7(17)18)3-4-8(2)9(12,13)10(19,11(14,15)16)21-5-20-8/h3,19H,4-5H2,1-2H3,(H,17,18). The van der Waals surface area contributed by atoms with Crippen molar-refractivity contribution in [3.05, 3.63) is 11.6 Å². The van der Waals surface area contributed by atoms with Gasteiger partial charge in [-0.3, -0.25) is 0 Å². The van der Waals surface area contributed by atoms with E-state index in [0.29, 0.717) is 6.92 Å². The number of hydrogen-bond acceptors (Lipinski definition) is 4. The first-order chi connectivity index (χ1) is 9.28. The minimum absolute atomic E-state index is 0.349. The Kier molecular flexibility index (Phi) is 4.39. The molecular weight excluding hydrogens is 307 g/mol. The summed E-state index contributed by atoms with van der Waals surface area (Å²) < 4.78 is 74.4. The molecule has 5 nitrogen and oxygen atoms in total. The average molecular weight is 320 g/mol. The van der Waals surface area contributed by atoms with Crippen LogP contribution in [0, 0.1) is 0 Å². The Balaban J connectivity index is 3.19. The van der Waals surface area contributed by atoms with Crippen molar-refractivity contribution in [3.63, 3.8) is 0 Å². The number of carboxylic acids is 1. The smallest absolute Gasteiger partial charge is 0.449 e. The van der Waals surface area contributed by atoms with E-state index in [1.54, 1.807) is 0 Å². The Morgan fingerprint density at radius 1 is 1.33 bits per heavy atom. The maximum atomic E-state index is 14.1. The zero-order valence-corrected chi connectivity index (χ0v) is 11.0. The van der Waals surface area contributed by atoms with Crippen molar-refractivity contribution in [2.45, 2.75) is 43.8 Å². The maximum Gasteiger partial charge on any atom is 0.449 e. The number of alkyl halides is 5. The largest absolute Gasteiger partial charge is 0.478 e. The molecule has 0 radical (unpaired) electrons. The van der Waals surface area contributed by atoms with E-state index in [-0.39, 0.29) is 5.57 Å². The minimum Gasteiger partial charge on any atom is -0.478 e. The lowest BCUT2D eigenvalue weighted by Gasteiger charge is -2.49. The van der Waals surface area contributed by atoms with E-state index in [4.69, 9.17) is 5.11 Å². The summed E-state index contributed by atoms with van der Waals surface area (Å²) in [5, 5.41) is 17.8. The summed E-state index contributed by atoms with van der Waals surface area (Å²) in [6.07, 6.45) is -5.83. The lowest BCUT2D eigenvalue weighted by molar-refractivity contribution is -0.499. The van der Waals surface area contributed by atoms with Gasteiger partial charge in [0, 0.05) is 12.0 Å². The highest BCUT2D eigenvalue weighted by molar-refractivity contribution is 5.85. The van der Waals surface area contributed by atoms with Gasteiger partial charge in [-0.15, -0.1) is 0 Å². The monoisotopic (exact) mass is 320 g/mol. The van der Waals surface area contributed by atoms with Gasteiger partial charge in [-0.1, -0.05) is 6.08 Å². The summed E-state index contributed by atoms with van der Waals surface area (Å²) >= 11 is 0. The van der Waals surface area contributed by atoms with Crippen LogP contribution in [-0.2, 0) is 14.3 Å². The lowest BCUT2D eigenvalue weighted by atomic mass is 9.85. The molecule has 21 heavy (non-hydrogen) atoms. The SMILES string of the molecule is CC(=CCC1(C)OCOC(O)(C(F)(F)F)C1(F)F)C(=O)O. The van der Waals surface area contributed by atoms with Gasteiger partial charge in [-0.25, -0.2) is 4.79 Å². The van der Waals surface area contributed by atoms with E-state index in [1.165, 1.54) is 0 Å². The molecule has 1 rings (SSSR count). The summed E-state index contributed by atoms with van der Waals surface area (Å²) in [4.78, 5) is 10.6. The number of aliphatic hydroxyl groups is 1. The summed E-state index contributed by atoms with van der Waals surface area (Å²) in [5.41, 5.74) is -3.13. The normalized spacial score (nSPS) is 33.8. The molecule has 0 aromatic rings. The molecule has 1 fully saturated rings. The van der Waals surface area contributed by atoms with E-state index in [2.05, 4.69) is 9.47 Å². The third-order valence-electron chi connectivity index (χ3n) is 3.25. The second kappa shape index (κ2) is 5.18. The van der Waals surface area contributed by atoms with E-state index >= 15 is 0 Å². The van der Waals surface area contributed by atoms with Crippen molar-refractivity contribution < 1.29 is 46.4 Å². The number of carboxylic acid groups (broad SMARTS) is 1. The van der Waals surface area contributed by atoms with Gasteiger partial charge < -0.3 is 19.7 Å². The van der Waals surface area contributed by atoms with Gasteiger partial charge in [0.15, 0.2) is 6.79 Å². The summed E-state index contributed by atoms with van der Waals surface area (Å²) in [7, 11) is 0. The molecule has 0 saturated carbocycles. The quantitative estimate of drug-likeness (QED) is 0.615. The molecule has 0 bridgehead atoms. The average Bonchev–Trinajstić information content (AvgIpc) is 2.32. The van der Waals surface area contributed by atoms with Gasteiger partial charge in [0.25, 0.3) is 0 Å². The summed E-state index contributed by atoms with van der Waals surface area (Å²) in [6.45, 7) is 0.499. The predicted octanol–water partition coefficient (Wildman–Crippen LogP) is 2.06. The van der Waals surface area contributed by atoms with Crippen LogP contribution in [0.15, 0.2) is 11.6 Å². The molecule has 1 aliphatic rings. The van der Waals surface area contributed by atoms with Crippen molar-refractivity contribution in [3.8, 4) is 0 Å². The van der Waals surface area contributed by atoms with Crippen LogP contribution in [0.4, 0.5) is 22.0 Å². The van der Waals surface area contributed by atoms with Gasteiger partial charge in [-0.2, -0.15) is 22.0 Å². The highest BCUT2D eigenvalue weighted by Gasteiger charge is 2.79. The molecule has 0 aliphatic carbocycles. The fraction of sp³-hybridized carbons (Fsp3) is 0.727. The van der Waals surface area contributed by atoms with Gasteiger partial charge in [-0.05, 0) is 13.8 Å². The van der Waals surface area contributed by atoms with Gasteiger partial charge >= 0.3 is 23.9 Å². The van der Waals surface area contributed by atoms with Crippen LogP contribution in [-0.4, -0.2) is 46.5 Å². The zero-order valence-electron chi connectivity index (χ0n) is 11.0. The van der Waals surface area contributed by atoms with Gasteiger partial charge in [0.2, 0.25) is 0 Å².